The SMILES string of the molecule is O=C(CCCN1C(=O)c2cccc3cccc(c23)C1=O)N[C@@H]1CCCc2ccccc21. The quantitative estimate of drug-likeness (QED) is 0.631. The Morgan fingerprint density at radius 1 is 0.935 bits per heavy atom. The molecule has 0 unspecified atom stereocenters. The van der Waals surface area contributed by atoms with Gasteiger partial charge in [-0.05, 0) is 54.3 Å². The van der Waals surface area contributed by atoms with Crippen LogP contribution in [0.2, 0.25) is 0 Å². The number of nitrogens with one attached hydrogen (secondary N) is 1. The fourth-order valence-electron chi connectivity index (χ4n) is 4.85. The minimum Gasteiger partial charge on any atom is -0.349 e. The van der Waals surface area contributed by atoms with Crippen LogP contribution in [0.25, 0.3) is 10.8 Å². The predicted octanol–water partition coefficient (Wildman–Crippen LogP) is 4.41. The van der Waals surface area contributed by atoms with Crippen LogP contribution in [0.1, 0.15) is 63.6 Å². The van der Waals surface area contributed by atoms with Gasteiger partial charge in [0.25, 0.3) is 11.8 Å². The van der Waals surface area contributed by atoms with E-state index in [9.17, 15) is 14.4 Å². The minimum absolute atomic E-state index is 0.0406. The second-order valence-corrected chi connectivity index (χ2v) is 8.29. The summed E-state index contributed by atoms with van der Waals surface area (Å²) in [4.78, 5) is 39.8. The van der Waals surface area contributed by atoms with E-state index in [4.69, 9.17) is 0 Å². The zero-order chi connectivity index (χ0) is 21.4. The largest absolute Gasteiger partial charge is 0.349 e. The lowest BCUT2D eigenvalue weighted by Crippen LogP contribution is -2.41. The summed E-state index contributed by atoms with van der Waals surface area (Å²) in [6.07, 6.45) is 3.77. The Balaban J connectivity index is 1.24. The Labute approximate surface area is 181 Å². The van der Waals surface area contributed by atoms with Crippen LogP contribution in [0.15, 0.2) is 60.7 Å². The van der Waals surface area contributed by atoms with Crippen molar-refractivity contribution >= 4 is 28.5 Å². The molecule has 1 heterocycles. The fourth-order valence-corrected chi connectivity index (χ4v) is 4.85. The normalized spacial score (nSPS) is 17.5. The van der Waals surface area contributed by atoms with Gasteiger partial charge in [0.2, 0.25) is 5.91 Å². The van der Waals surface area contributed by atoms with Crippen molar-refractivity contribution in [1.82, 2.24) is 10.2 Å². The summed E-state index contributed by atoms with van der Waals surface area (Å²) >= 11 is 0. The van der Waals surface area contributed by atoms with E-state index >= 15 is 0 Å². The van der Waals surface area contributed by atoms with Crippen molar-refractivity contribution in [2.24, 2.45) is 0 Å². The Bertz CT molecular complexity index is 1150. The average Bonchev–Trinajstić information content (AvgIpc) is 2.80. The molecule has 0 saturated heterocycles. The molecule has 5 nitrogen and oxygen atoms in total. The summed E-state index contributed by atoms with van der Waals surface area (Å²) in [7, 11) is 0. The Morgan fingerprint density at radius 2 is 1.65 bits per heavy atom. The summed E-state index contributed by atoms with van der Waals surface area (Å²) in [5, 5.41) is 4.76. The lowest BCUT2D eigenvalue weighted by Gasteiger charge is -2.28. The van der Waals surface area contributed by atoms with Crippen molar-refractivity contribution in [3.63, 3.8) is 0 Å². The first-order valence-corrected chi connectivity index (χ1v) is 10.9. The van der Waals surface area contributed by atoms with Gasteiger partial charge in [-0.1, -0.05) is 48.5 Å². The Morgan fingerprint density at radius 3 is 2.39 bits per heavy atom. The maximum atomic E-state index is 12.9. The van der Waals surface area contributed by atoms with E-state index in [0.29, 0.717) is 17.5 Å². The highest BCUT2D eigenvalue weighted by Crippen LogP contribution is 2.31. The highest BCUT2D eigenvalue weighted by molar-refractivity contribution is 6.25. The molecule has 0 saturated carbocycles. The number of fused-ring (bicyclic) bond motifs is 1. The van der Waals surface area contributed by atoms with Crippen LogP contribution in [0, 0.1) is 0 Å². The standard InChI is InChI=1S/C26H24N2O3/c29-23(27-22-14-5-8-17-7-1-2-11-19(17)22)15-6-16-28-25(30)20-12-3-9-18-10-4-13-21(24(18)20)26(28)31/h1-4,7,9-13,22H,5-6,8,14-16H2,(H,27,29)/t22-/m1/s1. The number of rotatable bonds is 5. The summed E-state index contributed by atoms with van der Waals surface area (Å²) in [6.45, 7) is 0.233. The molecule has 0 radical (unpaired) electrons. The van der Waals surface area contributed by atoms with Crippen molar-refractivity contribution in [3.8, 4) is 0 Å². The molecule has 3 aromatic rings. The third-order valence-corrected chi connectivity index (χ3v) is 6.35. The fraction of sp³-hybridized carbons (Fsp3) is 0.269. The number of carbonyl (C=O) groups excluding carboxylic acids is 3. The van der Waals surface area contributed by atoms with Gasteiger partial charge in [-0.2, -0.15) is 0 Å². The zero-order valence-corrected chi connectivity index (χ0v) is 17.3. The number of aryl methyl sites for hydroxylation is 1. The number of hydrogen-bond acceptors (Lipinski definition) is 3. The lowest BCUT2D eigenvalue weighted by atomic mass is 9.87. The molecule has 1 aliphatic heterocycles. The maximum Gasteiger partial charge on any atom is 0.261 e. The summed E-state index contributed by atoms with van der Waals surface area (Å²) in [5.74, 6) is -0.604. The topological polar surface area (TPSA) is 66.5 Å². The number of hydrogen-bond donors (Lipinski definition) is 1. The van der Waals surface area contributed by atoms with E-state index in [1.807, 2.05) is 36.4 Å². The van der Waals surface area contributed by atoms with Crippen molar-refractivity contribution in [3.05, 3.63) is 82.9 Å². The lowest BCUT2D eigenvalue weighted by molar-refractivity contribution is -0.122. The van der Waals surface area contributed by atoms with Gasteiger partial charge in [0.05, 0.1) is 6.04 Å². The Kier molecular flexibility index (Phi) is 5.02. The summed E-state index contributed by atoms with van der Waals surface area (Å²) in [6, 6.07) is 19.3. The Hall–Kier alpha value is -3.47. The van der Waals surface area contributed by atoms with Crippen molar-refractivity contribution in [1.29, 1.82) is 0 Å². The molecule has 156 valence electrons. The van der Waals surface area contributed by atoms with E-state index in [2.05, 4.69) is 17.4 Å². The van der Waals surface area contributed by atoms with Crippen LogP contribution in [0.4, 0.5) is 0 Å². The van der Waals surface area contributed by atoms with Crippen LogP contribution in [0.5, 0.6) is 0 Å². The molecule has 0 bridgehead atoms. The van der Waals surface area contributed by atoms with Crippen LogP contribution < -0.4 is 5.32 Å². The number of benzene rings is 3. The minimum atomic E-state index is -0.282. The summed E-state index contributed by atoms with van der Waals surface area (Å²) < 4.78 is 0. The van der Waals surface area contributed by atoms with Gasteiger partial charge in [-0.15, -0.1) is 0 Å². The number of amides is 3. The van der Waals surface area contributed by atoms with Gasteiger partial charge in [0.15, 0.2) is 0 Å². The molecule has 0 spiro atoms. The third-order valence-electron chi connectivity index (χ3n) is 6.35. The molecule has 5 rings (SSSR count). The van der Waals surface area contributed by atoms with E-state index in [0.717, 1.165) is 30.0 Å². The number of carbonyl (C=O) groups is 3. The molecule has 31 heavy (non-hydrogen) atoms. The van der Waals surface area contributed by atoms with Crippen LogP contribution in [-0.2, 0) is 11.2 Å². The molecule has 1 atom stereocenters. The van der Waals surface area contributed by atoms with Crippen molar-refractivity contribution in [2.75, 3.05) is 6.54 Å². The molecule has 0 fully saturated rings. The third kappa shape index (κ3) is 3.50. The smallest absolute Gasteiger partial charge is 0.261 e. The first-order chi connectivity index (χ1) is 15.1. The van der Waals surface area contributed by atoms with E-state index in [1.165, 1.54) is 16.0 Å². The maximum absolute atomic E-state index is 12.9. The summed E-state index contributed by atoms with van der Waals surface area (Å²) in [5.41, 5.74) is 3.61. The predicted molar refractivity (Wildman–Crippen MR) is 119 cm³/mol. The van der Waals surface area contributed by atoms with Crippen molar-refractivity contribution in [2.45, 2.75) is 38.1 Å². The van der Waals surface area contributed by atoms with Gasteiger partial charge in [0.1, 0.15) is 0 Å². The molecule has 3 amide bonds. The van der Waals surface area contributed by atoms with E-state index < -0.39 is 0 Å². The van der Waals surface area contributed by atoms with Gasteiger partial charge in [0, 0.05) is 29.5 Å². The van der Waals surface area contributed by atoms with Gasteiger partial charge in [-0.3, -0.25) is 19.3 Å². The average molecular weight is 412 g/mol. The van der Waals surface area contributed by atoms with Gasteiger partial charge in [-0.25, -0.2) is 0 Å². The van der Waals surface area contributed by atoms with Crippen LogP contribution >= 0.6 is 0 Å². The monoisotopic (exact) mass is 412 g/mol. The van der Waals surface area contributed by atoms with Crippen LogP contribution in [0.3, 0.4) is 0 Å². The second kappa shape index (κ2) is 7.99. The highest BCUT2D eigenvalue weighted by atomic mass is 16.2. The first-order valence-electron chi connectivity index (χ1n) is 10.9. The van der Waals surface area contributed by atoms with Crippen molar-refractivity contribution < 1.29 is 14.4 Å². The highest BCUT2D eigenvalue weighted by Gasteiger charge is 2.32. The number of nitrogens with zero attached hydrogens (tertiary/aromatic N) is 1. The molecule has 1 aliphatic carbocycles. The zero-order valence-electron chi connectivity index (χ0n) is 17.3. The first kappa shape index (κ1) is 19.5. The molecule has 3 aromatic carbocycles. The molecular weight excluding hydrogens is 388 g/mol. The van der Waals surface area contributed by atoms with E-state index in [-0.39, 0.29) is 36.7 Å². The van der Waals surface area contributed by atoms with Crippen LogP contribution in [-0.4, -0.2) is 29.2 Å². The molecule has 2 aliphatic rings. The second-order valence-electron chi connectivity index (χ2n) is 8.29. The molecular formula is C26H24N2O3. The molecule has 5 heteroatoms. The molecule has 0 aromatic heterocycles. The van der Waals surface area contributed by atoms with E-state index in [1.54, 1.807) is 12.1 Å². The van der Waals surface area contributed by atoms with Gasteiger partial charge < -0.3 is 5.32 Å². The number of imide groups is 1. The van der Waals surface area contributed by atoms with Gasteiger partial charge >= 0.3 is 0 Å². The molecule has 1 N–H and O–H groups in total.